The first-order chi connectivity index (χ1) is 6.00. The lowest BCUT2D eigenvalue weighted by atomic mass is 10.4. The van der Waals surface area contributed by atoms with Crippen molar-refractivity contribution in [2.45, 2.75) is 41.5 Å². The topological polar surface area (TPSA) is 26.0 Å². The minimum Gasteiger partial charge on any atom is -0.403 e. The third-order valence-electron chi connectivity index (χ3n) is 0.348. The summed E-state index contributed by atoms with van der Waals surface area (Å²) in [6.45, 7) is 22.0. The van der Waals surface area contributed by atoms with E-state index in [9.17, 15) is 0 Å². The molecule has 0 saturated carbocycles. The van der Waals surface area contributed by atoms with Gasteiger partial charge in [-0.1, -0.05) is 59.1 Å². The van der Waals surface area contributed by atoms with Crippen molar-refractivity contribution in [1.82, 2.24) is 0 Å². The summed E-state index contributed by atoms with van der Waals surface area (Å²) in [4.78, 5) is 0. The second-order valence-electron chi connectivity index (χ2n) is 1.90. The molecule has 0 fully saturated rings. The van der Waals surface area contributed by atoms with Crippen LogP contribution in [-0.4, -0.2) is 0 Å². The largest absolute Gasteiger partial charge is 0.403 e. The predicted octanol–water partition coefficient (Wildman–Crippen LogP) is 4.28. The van der Waals surface area contributed by atoms with Crippen molar-refractivity contribution >= 4 is 0 Å². The van der Waals surface area contributed by atoms with E-state index in [1.54, 1.807) is 13.0 Å². The van der Waals surface area contributed by atoms with E-state index in [-0.39, 0.29) is 0 Å². The minimum absolute atomic E-state index is 0.667. The highest BCUT2D eigenvalue weighted by Crippen LogP contribution is 1.81. The van der Waals surface area contributed by atoms with Crippen LogP contribution in [0.2, 0.25) is 0 Å². The van der Waals surface area contributed by atoms with E-state index in [0.717, 1.165) is 5.57 Å². The van der Waals surface area contributed by atoms with Crippen LogP contribution < -0.4 is 5.73 Å². The van der Waals surface area contributed by atoms with Crippen LogP contribution in [0, 0.1) is 0 Å². The lowest BCUT2D eigenvalue weighted by Crippen LogP contribution is -1.83. The van der Waals surface area contributed by atoms with Crippen LogP contribution in [0.3, 0.4) is 0 Å². The predicted molar refractivity (Wildman–Crippen MR) is 66.7 cm³/mol. The molecule has 80 valence electrons. The van der Waals surface area contributed by atoms with E-state index in [1.165, 1.54) is 0 Å². The summed E-state index contributed by atoms with van der Waals surface area (Å²) < 4.78 is 0. The van der Waals surface area contributed by atoms with Gasteiger partial charge in [0.2, 0.25) is 0 Å². The number of hydrogen-bond acceptors (Lipinski definition) is 1. The van der Waals surface area contributed by atoms with Crippen LogP contribution in [0.5, 0.6) is 0 Å². The highest BCUT2D eigenvalue weighted by molar-refractivity contribution is 5.05. The molecule has 0 rings (SSSR count). The summed E-state index contributed by atoms with van der Waals surface area (Å²) in [5.74, 6) is 0. The summed E-state index contributed by atoms with van der Waals surface area (Å²) in [6, 6.07) is 0. The lowest BCUT2D eigenvalue weighted by molar-refractivity contribution is 1.34. The molecule has 0 aromatic heterocycles. The molecule has 1 heteroatoms. The quantitative estimate of drug-likeness (QED) is 0.606. The number of rotatable bonds is 1. The zero-order chi connectivity index (χ0) is 11.9. The molecule has 0 radical (unpaired) electrons. The molecular weight excluding hydrogens is 158 g/mol. The Labute approximate surface area is 85.0 Å². The summed E-state index contributed by atoms with van der Waals surface area (Å²) in [7, 11) is 0. The van der Waals surface area contributed by atoms with Crippen LogP contribution in [-0.2, 0) is 0 Å². The zero-order valence-electron chi connectivity index (χ0n) is 10.3. The van der Waals surface area contributed by atoms with Crippen molar-refractivity contribution in [3.63, 3.8) is 0 Å². The molecule has 0 heterocycles. The molecule has 0 atom stereocenters. The van der Waals surface area contributed by atoms with Crippen LogP contribution in [0.4, 0.5) is 0 Å². The molecule has 13 heavy (non-hydrogen) atoms. The smallest absolute Gasteiger partial charge is 0.00242 e. The second-order valence-corrected chi connectivity index (χ2v) is 1.90. The molecule has 0 aliphatic heterocycles. The van der Waals surface area contributed by atoms with Gasteiger partial charge in [-0.2, -0.15) is 0 Å². The first-order valence-electron chi connectivity index (χ1n) is 4.69. The molecule has 0 unspecified atom stereocenters. The first-order valence-corrected chi connectivity index (χ1v) is 4.69. The van der Waals surface area contributed by atoms with Gasteiger partial charge in [0.05, 0.1) is 0 Å². The van der Waals surface area contributed by atoms with Gasteiger partial charge in [-0.05, 0) is 19.5 Å². The van der Waals surface area contributed by atoms with Crippen LogP contribution >= 0.6 is 0 Å². The number of hydrogen-bond donors (Lipinski definition) is 1. The third kappa shape index (κ3) is 862. The molecule has 0 bridgehead atoms. The molecule has 0 aliphatic rings. The van der Waals surface area contributed by atoms with Gasteiger partial charge in [-0.15, -0.1) is 0 Å². The highest BCUT2D eigenvalue weighted by Gasteiger charge is 1.59. The normalized spacial score (nSPS) is 5.38. The van der Waals surface area contributed by atoms with Crippen molar-refractivity contribution in [2.75, 3.05) is 0 Å². The van der Waals surface area contributed by atoms with Gasteiger partial charge >= 0.3 is 0 Å². The van der Waals surface area contributed by atoms with E-state index in [0.29, 0.717) is 5.70 Å². The Morgan fingerprint density at radius 2 is 1.08 bits per heavy atom. The Kier molecular flexibility index (Phi) is 53.3. The first kappa shape index (κ1) is 22.7. The molecule has 0 saturated heterocycles. The summed E-state index contributed by atoms with van der Waals surface area (Å²) in [6.07, 6.45) is 1.72. The SMILES string of the molecule is C=C(C)N.C=CC(=C)C.CC.CC. The van der Waals surface area contributed by atoms with Crippen LogP contribution in [0.1, 0.15) is 41.5 Å². The van der Waals surface area contributed by atoms with E-state index in [4.69, 9.17) is 5.73 Å². The van der Waals surface area contributed by atoms with Crippen molar-refractivity contribution in [3.8, 4) is 0 Å². The maximum Gasteiger partial charge on any atom is -0.00242 e. The molecule has 2 N–H and O–H groups in total. The Bertz CT molecular complexity index is 108. The molecule has 0 aromatic rings. The van der Waals surface area contributed by atoms with Gasteiger partial charge in [-0.25, -0.2) is 0 Å². The Morgan fingerprint density at radius 3 is 1.08 bits per heavy atom. The lowest BCUT2D eigenvalue weighted by Gasteiger charge is -1.71. The fourth-order valence-corrected chi connectivity index (χ4v) is 0. The fourth-order valence-electron chi connectivity index (χ4n) is 0. The van der Waals surface area contributed by atoms with Crippen molar-refractivity contribution in [3.05, 3.63) is 37.1 Å². The Balaban J connectivity index is -0.0000000457. The van der Waals surface area contributed by atoms with Crippen molar-refractivity contribution in [2.24, 2.45) is 5.73 Å². The molecule has 0 aliphatic carbocycles. The van der Waals surface area contributed by atoms with Crippen LogP contribution in [0.25, 0.3) is 0 Å². The molecule has 0 spiro atoms. The third-order valence-corrected chi connectivity index (χ3v) is 0.348. The molecular formula is C12H27N. The molecule has 0 aromatic carbocycles. The van der Waals surface area contributed by atoms with Gasteiger partial charge in [0, 0.05) is 0 Å². The second kappa shape index (κ2) is 30.5. The van der Waals surface area contributed by atoms with Gasteiger partial charge < -0.3 is 5.73 Å². The Hall–Kier alpha value is -0.980. The van der Waals surface area contributed by atoms with E-state index >= 15 is 0 Å². The van der Waals surface area contributed by atoms with E-state index < -0.39 is 0 Å². The van der Waals surface area contributed by atoms with Gasteiger partial charge in [0.15, 0.2) is 0 Å². The van der Waals surface area contributed by atoms with Crippen molar-refractivity contribution < 1.29 is 0 Å². The zero-order valence-corrected chi connectivity index (χ0v) is 10.3. The van der Waals surface area contributed by atoms with Crippen molar-refractivity contribution in [1.29, 1.82) is 0 Å². The Morgan fingerprint density at radius 1 is 1.00 bits per heavy atom. The molecule has 1 nitrogen and oxygen atoms in total. The van der Waals surface area contributed by atoms with Crippen LogP contribution in [0.15, 0.2) is 37.1 Å². The van der Waals surface area contributed by atoms with E-state index in [1.807, 2.05) is 34.6 Å². The number of nitrogens with two attached hydrogens (primary N) is 1. The summed E-state index contributed by atoms with van der Waals surface area (Å²) >= 11 is 0. The summed E-state index contributed by atoms with van der Waals surface area (Å²) in [5, 5.41) is 0. The maximum atomic E-state index is 4.92. The molecule has 0 amide bonds. The summed E-state index contributed by atoms with van der Waals surface area (Å²) in [5.41, 5.74) is 6.60. The van der Waals surface area contributed by atoms with Gasteiger partial charge in [-0.3, -0.25) is 0 Å². The van der Waals surface area contributed by atoms with E-state index in [2.05, 4.69) is 19.7 Å². The monoisotopic (exact) mass is 185 g/mol. The average Bonchev–Trinajstić information content (AvgIpc) is 2.10. The van der Waals surface area contributed by atoms with Gasteiger partial charge in [0.25, 0.3) is 0 Å². The standard InChI is InChI=1S/C5H8.C3H7N.2C2H6/c1-4-5(2)3;1-3(2)4;2*1-2/h4H,1-2H2,3H3;1,4H2,2H3;2*1-2H3. The average molecular weight is 185 g/mol. The maximum absolute atomic E-state index is 4.92. The number of allylic oxidation sites excluding steroid dienone is 3. The minimum atomic E-state index is 0.667. The fraction of sp³-hybridized carbons (Fsp3) is 0.500. The van der Waals surface area contributed by atoms with Gasteiger partial charge in [0.1, 0.15) is 0 Å². The highest BCUT2D eigenvalue weighted by atomic mass is 14.5.